The first-order chi connectivity index (χ1) is 17.5. The number of benzene rings is 3. The summed E-state index contributed by atoms with van der Waals surface area (Å²) in [5.74, 6) is 2.58. The number of carbonyl (C=O) groups excluding carboxylic acids is 1. The quantitative estimate of drug-likeness (QED) is 0.165. The number of thiazole rings is 1. The Kier molecular flexibility index (Phi) is 8.72. The third kappa shape index (κ3) is 6.30. The van der Waals surface area contributed by atoms with Crippen LogP contribution in [0.4, 0.5) is 5.13 Å². The van der Waals surface area contributed by atoms with E-state index in [1.165, 1.54) is 11.3 Å². The van der Waals surface area contributed by atoms with Gasteiger partial charge in [0.25, 0.3) is 5.91 Å². The van der Waals surface area contributed by atoms with E-state index >= 15 is 0 Å². The van der Waals surface area contributed by atoms with Crippen molar-refractivity contribution in [1.29, 1.82) is 0 Å². The van der Waals surface area contributed by atoms with Crippen LogP contribution in [0.3, 0.4) is 0 Å². The van der Waals surface area contributed by atoms with E-state index in [2.05, 4.69) is 23.3 Å². The van der Waals surface area contributed by atoms with Gasteiger partial charge in [-0.2, -0.15) is 0 Å². The Morgan fingerprint density at radius 3 is 2.53 bits per heavy atom. The number of rotatable bonds is 11. The standard InChI is InChI=1S/C28H30N2O4S2/c1-5-6-14-35-21-9-7-8-19(15-21)26(34-20-12-10-18(2)11-13-20)27(31)30-28-29-22-16-23(32-3)24(33-4)17-25(22)36-28/h7-13,15-17,26H,5-6,14H2,1-4H3,(H,29,30,31). The van der Waals surface area contributed by atoms with Crippen LogP contribution in [0.1, 0.15) is 37.0 Å². The van der Waals surface area contributed by atoms with Crippen LogP contribution >= 0.6 is 23.1 Å². The molecule has 4 rings (SSSR count). The molecule has 0 bridgehead atoms. The molecule has 0 aliphatic heterocycles. The number of nitrogens with one attached hydrogen (secondary N) is 1. The molecule has 0 saturated carbocycles. The summed E-state index contributed by atoms with van der Waals surface area (Å²) in [5.41, 5.74) is 2.63. The molecule has 6 nitrogen and oxygen atoms in total. The number of aromatic nitrogens is 1. The summed E-state index contributed by atoms with van der Waals surface area (Å²) in [4.78, 5) is 19.3. The molecule has 1 N–H and O–H groups in total. The summed E-state index contributed by atoms with van der Waals surface area (Å²) in [6, 6.07) is 19.4. The van der Waals surface area contributed by atoms with Gasteiger partial charge in [0.15, 0.2) is 16.6 Å². The molecule has 0 fully saturated rings. The number of anilines is 1. The molecule has 0 aliphatic rings. The maximum atomic E-state index is 13.6. The van der Waals surface area contributed by atoms with Gasteiger partial charge in [0.1, 0.15) is 5.75 Å². The van der Waals surface area contributed by atoms with E-state index in [9.17, 15) is 4.79 Å². The average Bonchev–Trinajstić information content (AvgIpc) is 3.28. The zero-order valence-corrected chi connectivity index (χ0v) is 22.5. The summed E-state index contributed by atoms with van der Waals surface area (Å²) in [7, 11) is 3.18. The lowest BCUT2D eigenvalue weighted by Gasteiger charge is -2.19. The number of hydrogen-bond donors (Lipinski definition) is 1. The van der Waals surface area contributed by atoms with E-state index in [4.69, 9.17) is 14.2 Å². The van der Waals surface area contributed by atoms with E-state index in [0.29, 0.717) is 22.4 Å². The van der Waals surface area contributed by atoms with E-state index in [-0.39, 0.29) is 5.91 Å². The number of ether oxygens (including phenoxy) is 3. The van der Waals surface area contributed by atoms with Crippen LogP contribution in [0.2, 0.25) is 0 Å². The first-order valence-corrected chi connectivity index (χ1v) is 13.6. The van der Waals surface area contributed by atoms with Crippen LogP contribution in [-0.4, -0.2) is 30.9 Å². The van der Waals surface area contributed by atoms with Crippen molar-refractivity contribution in [3.8, 4) is 17.2 Å². The van der Waals surface area contributed by atoms with Crippen LogP contribution in [0, 0.1) is 6.92 Å². The van der Waals surface area contributed by atoms with Crippen molar-refractivity contribution in [3.05, 3.63) is 71.8 Å². The normalized spacial score (nSPS) is 11.8. The van der Waals surface area contributed by atoms with Crippen LogP contribution in [0.5, 0.6) is 17.2 Å². The van der Waals surface area contributed by atoms with Crippen molar-refractivity contribution in [2.75, 3.05) is 25.3 Å². The SMILES string of the molecule is CCCCSc1cccc(C(Oc2ccc(C)cc2)C(=O)Nc2nc3cc(OC)c(OC)cc3s2)c1. The zero-order valence-electron chi connectivity index (χ0n) is 20.9. The van der Waals surface area contributed by atoms with Crippen molar-refractivity contribution in [1.82, 2.24) is 4.98 Å². The molecular formula is C28H30N2O4S2. The van der Waals surface area contributed by atoms with Crippen LogP contribution in [-0.2, 0) is 4.79 Å². The maximum Gasteiger partial charge on any atom is 0.271 e. The Morgan fingerprint density at radius 2 is 1.81 bits per heavy atom. The molecular weight excluding hydrogens is 492 g/mol. The molecule has 0 radical (unpaired) electrons. The predicted octanol–water partition coefficient (Wildman–Crippen LogP) is 7.27. The van der Waals surface area contributed by atoms with Gasteiger partial charge < -0.3 is 14.2 Å². The minimum absolute atomic E-state index is 0.288. The van der Waals surface area contributed by atoms with Crippen molar-refractivity contribution in [2.24, 2.45) is 0 Å². The Balaban J connectivity index is 1.62. The summed E-state index contributed by atoms with van der Waals surface area (Å²) in [6.45, 7) is 4.20. The molecule has 1 unspecified atom stereocenters. The largest absolute Gasteiger partial charge is 0.493 e. The Morgan fingerprint density at radius 1 is 1.06 bits per heavy atom. The summed E-state index contributed by atoms with van der Waals surface area (Å²) < 4.78 is 17.9. The van der Waals surface area contributed by atoms with Gasteiger partial charge in [-0.1, -0.05) is 54.5 Å². The average molecular weight is 523 g/mol. The first-order valence-electron chi connectivity index (χ1n) is 11.8. The molecule has 188 valence electrons. The highest BCUT2D eigenvalue weighted by atomic mass is 32.2. The molecule has 0 saturated heterocycles. The second-order valence-electron chi connectivity index (χ2n) is 8.27. The highest BCUT2D eigenvalue weighted by Crippen LogP contribution is 2.36. The summed E-state index contributed by atoms with van der Waals surface area (Å²) in [5, 5.41) is 3.45. The number of thioether (sulfide) groups is 1. The zero-order chi connectivity index (χ0) is 25.5. The number of amides is 1. The lowest BCUT2D eigenvalue weighted by molar-refractivity contribution is -0.123. The van der Waals surface area contributed by atoms with Gasteiger partial charge in [0.05, 0.1) is 24.4 Å². The maximum absolute atomic E-state index is 13.6. The predicted molar refractivity (Wildman–Crippen MR) is 148 cm³/mol. The molecule has 0 aliphatic carbocycles. The molecule has 1 atom stereocenters. The number of carbonyl (C=O) groups is 1. The number of nitrogens with zero attached hydrogens (tertiary/aromatic N) is 1. The molecule has 4 aromatic rings. The minimum Gasteiger partial charge on any atom is -0.493 e. The molecule has 3 aromatic carbocycles. The molecule has 0 spiro atoms. The number of methoxy groups -OCH3 is 2. The van der Waals surface area contributed by atoms with Gasteiger partial charge in [0, 0.05) is 22.6 Å². The lowest BCUT2D eigenvalue weighted by atomic mass is 10.1. The number of unbranched alkanes of at least 4 members (excludes halogenated alkanes) is 1. The molecule has 1 aromatic heterocycles. The van der Waals surface area contributed by atoms with Crippen molar-refractivity contribution in [2.45, 2.75) is 37.7 Å². The Labute approximate surface area is 220 Å². The van der Waals surface area contributed by atoms with Gasteiger partial charge in [-0.25, -0.2) is 4.98 Å². The fraction of sp³-hybridized carbons (Fsp3) is 0.286. The van der Waals surface area contributed by atoms with E-state index in [1.807, 2.05) is 55.5 Å². The third-order valence-electron chi connectivity index (χ3n) is 5.56. The van der Waals surface area contributed by atoms with Gasteiger partial charge in [-0.15, -0.1) is 11.8 Å². The third-order valence-corrected chi connectivity index (χ3v) is 7.58. The smallest absolute Gasteiger partial charge is 0.271 e. The Bertz CT molecular complexity index is 1280. The van der Waals surface area contributed by atoms with Crippen LogP contribution in [0.15, 0.2) is 65.6 Å². The molecule has 36 heavy (non-hydrogen) atoms. The van der Waals surface area contributed by atoms with Crippen LogP contribution < -0.4 is 19.5 Å². The van der Waals surface area contributed by atoms with E-state index in [1.54, 1.807) is 32.0 Å². The number of aryl methyl sites for hydroxylation is 1. The van der Waals surface area contributed by atoms with Gasteiger partial charge in [-0.05, 0) is 43.4 Å². The number of hydrogen-bond acceptors (Lipinski definition) is 7. The second kappa shape index (κ2) is 12.1. The summed E-state index contributed by atoms with van der Waals surface area (Å²) in [6.07, 6.45) is 1.45. The van der Waals surface area contributed by atoms with Gasteiger partial charge in [0.2, 0.25) is 6.10 Å². The Hall–Kier alpha value is -3.23. The van der Waals surface area contributed by atoms with Gasteiger partial charge in [-0.3, -0.25) is 10.1 Å². The lowest BCUT2D eigenvalue weighted by Crippen LogP contribution is -2.25. The monoisotopic (exact) mass is 522 g/mol. The molecule has 1 amide bonds. The first kappa shape index (κ1) is 25.9. The van der Waals surface area contributed by atoms with Crippen molar-refractivity contribution in [3.63, 3.8) is 0 Å². The van der Waals surface area contributed by atoms with E-state index < -0.39 is 6.10 Å². The van der Waals surface area contributed by atoms with Gasteiger partial charge >= 0.3 is 0 Å². The van der Waals surface area contributed by atoms with Crippen molar-refractivity contribution < 1.29 is 19.0 Å². The van der Waals surface area contributed by atoms with Crippen molar-refractivity contribution >= 4 is 44.4 Å². The van der Waals surface area contributed by atoms with Crippen LogP contribution in [0.25, 0.3) is 10.2 Å². The number of fused-ring (bicyclic) bond motifs is 1. The highest BCUT2D eigenvalue weighted by molar-refractivity contribution is 7.99. The minimum atomic E-state index is -0.837. The molecule has 8 heteroatoms. The van der Waals surface area contributed by atoms with E-state index in [0.717, 1.165) is 44.8 Å². The second-order valence-corrected chi connectivity index (χ2v) is 10.5. The summed E-state index contributed by atoms with van der Waals surface area (Å²) >= 11 is 3.16. The fourth-order valence-corrected chi connectivity index (χ4v) is 5.55. The molecule has 1 heterocycles. The highest BCUT2D eigenvalue weighted by Gasteiger charge is 2.25. The topological polar surface area (TPSA) is 69.7 Å². The fourth-order valence-electron chi connectivity index (χ4n) is 3.61.